The zero-order valence-electron chi connectivity index (χ0n) is 11.0. The van der Waals surface area contributed by atoms with Gasteiger partial charge in [0, 0.05) is 22.8 Å². The van der Waals surface area contributed by atoms with E-state index >= 15 is 0 Å². The lowest BCUT2D eigenvalue weighted by Gasteiger charge is -2.01. The Morgan fingerprint density at radius 1 is 1.37 bits per heavy atom. The summed E-state index contributed by atoms with van der Waals surface area (Å²) < 4.78 is 0. The van der Waals surface area contributed by atoms with E-state index in [9.17, 15) is 0 Å². The second-order valence-electron chi connectivity index (χ2n) is 4.16. The van der Waals surface area contributed by atoms with Gasteiger partial charge in [-0.25, -0.2) is 4.98 Å². The van der Waals surface area contributed by atoms with E-state index in [1.165, 1.54) is 0 Å². The molecule has 0 unspecified atom stereocenters. The summed E-state index contributed by atoms with van der Waals surface area (Å²) in [5.41, 5.74) is 9.16. The molecule has 1 heterocycles. The maximum Gasteiger partial charge on any atom is 0.125 e. The van der Waals surface area contributed by atoms with Crippen LogP contribution in [0.15, 0.2) is 41.7 Å². The molecule has 0 spiro atoms. The molecule has 0 saturated heterocycles. The molecular weight excluding hydrogens is 256 g/mol. The summed E-state index contributed by atoms with van der Waals surface area (Å²) in [5.74, 6) is 2.47. The van der Waals surface area contributed by atoms with Crippen LogP contribution in [0, 0.1) is 6.92 Å². The highest BCUT2D eigenvalue weighted by molar-refractivity contribution is 7.98. The first kappa shape index (κ1) is 13.7. The molecule has 5 heteroatoms. The lowest BCUT2D eigenvalue weighted by Crippen LogP contribution is -2.14. The SMILES string of the molecule is Cc1[nH]cnc1CSCCN=C(N)c1ccccc1. The lowest BCUT2D eigenvalue weighted by atomic mass is 10.2. The van der Waals surface area contributed by atoms with E-state index in [0.717, 1.165) is 35.0 Å². The number of hydrogen-bond acceptors (Lipinski definition) is 3. The highest BCUT2D eigenvalue weighted by Crippen LogP contribution is 2.12. The van der Waals surface area contributed by atoms with E-state index in [4.69, 9.17) is 5.73 Å². The molecule has 4 nitrogen and oxygen atoms in total. The van der Waals surface area contributed by atoms with Gasteiger partial charge in [0.1, 0.15) is 5.84 Å². The Hall–Kier alpha value is -1.75. The molecule has 1 aromatic carbocycles. The van der Waals surface area contributed by atoms with Gasteiger partial charge >= 0.3 is 0 Å². The number of nitrogens with one attached hydrogen (secondary N) is 1. The number of aromatic amines is 1. The molecular formula is C14H18N4S. The van der Waals surface area contributed by atoms with Gasteiger partial charge < -0.3 is 10.7 Å². The number of nitrogens with zero attached hydrogens (tertiary/aromatic N) is 2. The second-order valence-corrected chi connectivity index (χ2v) is 5.26. The number of hydrogen-bond donors (Lipinski definition) is 2. The minimum atomic E-state index is 0.608. The number of aromatic nitrogens is 2. The number of thioether (sulfide) groups is 1. The van der Waals surface area contributed by atoms with Crippen LogP contribution in [0.4, 0.5) is 0 Å². The molecule has 0 aliphatic heterocycles. The second kappa shape index (κ2) is 6.99. The van der Waals surface area contributed by atoms with Crippen LogP contribution in [0.1, 0.15) is 17.0 Å². The Morgan fingerprint density at radius 3 is 2.84 bits per heavy atom. The molecule has 3 N–H and O–H groups in total. The predicted molar refractivity (Wildman–Crippen MR) is 81.5 cm³/mol. The first-order valence-corrected chi connectivity index (χ1v) is 7.35. The fourth-order valence-electron chi connectivity index (χ4n) is 1.63. The lowest BCUT2D eigenvalue weighted by molar-refractivity contribution is 1.12. The first-order chi connectivity index (χ1) is 9.27. The predicted octanol–water partition coefficient (Wildman–Crippen LogP) is 2.36. The van der Waals surface area contributed by atoms with E-state index < -0.39 is 0 Å². The standard InChI is InChI=1S/C14H18N4S/c1-11-13(18-10-17-11)9-19-8-7-16-14(15)12-5-3-2-4-6-12/h2-6,10H,7-9H2,1H3,(H2,15,16)(H,17,18). The Labute approximate surface area is 117 Å². The topological polar surface area (TPSA) is 67.1 Å². The summed E-state index contributed by atoms with van der Waals surface area (Å²) in [6.45, 7) is 2.77. The van der Waals surface area contributed by atoms with E-state index in [1.807, 2.05) is 49.0 Å². The summed E-state index contributed by atoms with van der Waals surface area (Å²) in [6, 6.07) is 9.84. The Kier molecular flexibility index (Phi) is 5.03. The normalized spacial score (nSPS) is 11.7. The fourth-order valence-corrected chi connectivity index (χ4v) is 2.48. The minimum absolute atomic E-state index is 0.608. The number of aryl methyl sites for hydroxylation is 1. The smallest absolute Gasteiger partial charge is 0.125 e. The number of nitrogens with two attached hydrogens (primary N) is 1. The summed E-state index contributed by atoms with van der Waals surface area (Å²) >= 11 is 1.82. The number of rotatable bonds is 6. The average Bonchev–Trinajstić information content (AvgIpc) is 2.85. The van der Waals surface area contributed by atoms with E-state index in [2.05, 4.69) is 15.0 Å². The Balaban J connectivity index is 1.73. The van der Waals surface area contributed by atoms with E-state index in [1.54, 1.807) is 6.33 Å². The van der Waals surface area contributed by atoms with Crippen molar-refractivity contribution in [1.82, 2.24) is 9.97 Å². The van der Waals surface area contributed by atoms with Crippen molar-refractivity contribution in [2.45, 2.75) is 12.7 Å². The van der Waals surface area contributed by atoms with Gasteiger partial charge in [-0.1, -0.05) is 30.3 Å². The third kappa shape index (κ3) is 4.13. The van der Waals surface area contributed by atoms with Gasteiger partial charge in [-0.2, -0.15) is 11.8 Å². The monoisotopic (exact) mass is 274 g/mol. The van der Waals surface area contributed by atoms with Crippen molar-refractivity contribution in [1.29, 1.82) is 0 Å². The number of benzene rings is 1. The molecule has 0 amide bonds. The van der Waals surface area contributed by atoms with E-state index in [-0.39, 0.29) is 0 Å². The molecule has 0 atom stereocenters. The Bertz CT molecular complexity index is 533. The molecule has 100 valence electrons. The molecule has 19 heavy (non-hydrogen) atoms. The van der Waals surface area contributed by atoms with Gasteiger partial charge in [0.2, 0.25) is 0 Å². The maximum atomic E-state index is 5.92. The van der Waals surface area contributed by atoms with Gasteiger partial charge in [-0.3, -0.25) is 4.99 Å². The maximum absolute atomic E-state index is 5.92. The van der Waals surface area contributed by atoms with Crippen LogP contribution >= 0.6 is 11.8 Å². The highest BCUT2D eigenvalue weighted by Gasteiger charge is 2.00. The van der Waals surface area contributed by atoms with E-state index in [0.29, 0.717) is 5.84 Å². The molecule has 2 aromatic rings. The van der Waals surface area contributed by atoms with Gasteiger partial charge in [-0.15, -0.1) is 0 Å². The molecule has 0 bridgehead atoms. The van der Waals surface area contributed by atoms with Crippen LogP contribution in [-0.4, -0.2) is 28.1 Å². The van der Waals surface area contributed by atoms with Gasteiger partial charge in [0.05, 0.1) is 18.6 Å². The van der Waals surface area contributed by atoms with Crippen molar-refractivity contribution in [2.24, 2.45) is 10.7 Å². The Morgan fingerprint density at radius 2 is 2.16 bits per heavy atom. The molecule has 0 radical (unpaired) electrons. The molecule has 0 aliphatic carbocycles. The first-order valence-electron chi connectivity index (χ1n) is 6.19. The van der Waals surface area contributed by atoms with Crippen molar-refractivity contribution < 1.29 is 0 Å². The van der Waals surface area contributed by atoms with Crippen LogP contribution < -0.4 is 5.73 Å². The van der Waals surface area contributed by atoms with Crippen molar-refractivity contribution in [3.05, 3.63) is 53.6 Å². The zero-order valence-corrected chi connectivity index (χ0v) is 11.8. The van der Waals surface area contributed by atoms with Crippen molar-refractivity contribution in [2.75, 3.05) is 12.3 Å². The van der Waals surface area contributed by atoms with Gasteiger partial charge in [-0.05, 0) is 6.92 Å². The molecule has 0 fully saturated rings. The van der Waals surface area contributed by atoms with Crippen LogP contribution in [0.25, 0.3) is 0 Å². The molecule has 0 saturated carbocycles. The molecule has 1 aromatic heterocycles. The summed E-state index contributed by atoms with van der Waals surface area (Å²) in [4.78, 5) is 11.7. The third-order valence-electron chi connectivity index (χ3n) is 2.76. The number of H-pyrrole nitrogens is 1. The number of imidazole rings is 1. The number of amidine groups is 1. The fraction of sp³-hybridized carbons (Fsp3) is 0.286. The van der Waals surface area contributed by atoms with Crippen LogP contribution in [-0.2, 0) is 5.75 Å². The molecule has 2 rings (SSSR count). The molecule has 0 aliphatic rings. The van der Waals surface area contributed by atoms with Gasteiger partial charge in [0.15, 0.2) is 0 Å². The quantitative estimate of drug-likeness (QED) is 0.483. The zero-order chi connectivity index (χ0) is 13.5. The number of aliphatic imine (C=N–C) groups is 1. The average molecular weight is 274 g/mol. The van der Waals surface area contributed by atoms with Crippen LogP contribution in [0.5, 0.6) is 0 Å². The highest BCUT2D eigenvalue weighted by atomic mass is 32.2. The van der Waals surface area contributed by atoms with Crippen molar-refractivity contribution in [3.63, 3.8) is 0 Å². The summed E-state index contributed by atoms with van der Waals surface area (Å²) in [5, 5.41) is 0. The van der Waals surface area contributed by atoms with Gasteiger partial charge in [0.25, 0.3) is 0 Å². The van der Waals surface area contributed by atoms with Crippen molar-refractivity contribution in [3.8, 4) is 0 Å². The summed E-state index contributed by atoms with van der Waals surface area (Å²) in [6.07, 6.45) is 1.73. The van der Waals surface area contributed by atoms with Crippen LogP contribution in [0.2, 0.25) is 0 Å². The largest absolute Gasteiger partial charge is 0.384 e. The minimum Gasteiger partial charge on any atom is -0.384 e. The summed E-state index contributed by atoms with van der Waals surface area (Å²) in [7, 11) is 0. The van der Waals surface area contributed by atoms with Crippen molar-refractivity contribution >= 4 is 17.6 Å². The van der Waals surface area contributed by atoms with Crippen LogP contribution in [0.3, 0.4) is 0 Å². The third-order valence-corrected chi connectivity index (χ3v) is 3.71.